The third-order valence-corrected chi connectivity index (χ3v) is 5.37. The number of amides is 1. The van der Waals surface area contributed by atoms with Crippen LogP contribution in [0.5, 0.6) is 0 Å². The van der Waals surface area contributed by atoms with Crippen molar-refractivity contribution in [3.8, 4) is 0 Å². The summed E-state index contributed by atoms with van der Waals surface area (Å²) in [6, 6.07) is 11.4. The summed E-state index contributed by atoms with van der Waals surface area (Å²) in [5, 5.41) is 16.9. The van der Waals surface area contributed by atoms with E-state index in [1.54, 1.807) is 35.9 Å². The van der Waals surface area contributed by atoms with Crippen molar-refractivity contribution in [2.75, 3.05) is 5.32 Å². The number of pyridine rings is 1. The number of aromatic nitrogens is 3. The molecule has 7 heteroatoms. The van der Waals surface area contributed by atoms with Crippen LogP contribution >= 0.6 is 11.3 Å². The minimum atomic E-state index is -0.145. The molecule has 0 aliphatic carbocycles. The first-order chi connectivity index (χ1) is 13.0. The van der Waals surface area contributed by atoms with E-state index in [1.807, 2.05) is 24.3 Å². The number of carbonyl (C=O) groups excluding carboxylic acids is 1. The Morgan fingerprint density at radius 3 is 2.37 bits per heavy atom. The molecule has 0 aliphatic rings. The second kappa shape index (κ2) is 8.83. The van der Waals surface area contributed by atoms with Gasteiger partial charge in [0.25, 0.3) is 5.91 Å². The molecular formula is C20H23N5OS. The maximum Gasteiger partial charge on any atom is 0.255 e. The Labute approximate surface area is 163 Å². The number of carbonyl (C=O) groups is 1. The van der Waals surface area contributed by atoms with Gasteiger partial charge in [-0.3, -0.25) is 9.78 Å². The molecule has 27 heavy (non-hydrogen) atoms. The Balaban J connectivity index is 1.55. The van der Waals surface area contributed by atoms with Crippen LogP contribution in [0.1, 0.15) is 58.7 Å². The van der Waals surface area contributed by atoms with Crippen molar-refractivity contribution in [3.05, 3.63) is 69.9 Å². The van der Waals surface area contributed by atoms with Crippen LogP contribution in [0.3, 0.4) is 0 Å². The molecule has 0 aliphatic heterocycles. The van der Waals surface area contributed by atoms with Crippen LogP contribution in [0, 0.1) is 0 Å². The van der Waals surface area contributed by atoms with E-state index in [4.69, 9.17) is 0 Å². The van der Waals surface area contributed by atoms with Gasteiger partial charge in [0.15, 0.2) is 0 Å². The Morgan fingerprint density at radius 1 is 1.04 bits per heavy atom. The summed E-state index contributed by atoms with van der Waals surface area (Å²) >= 11 is 1.65. The fourth-order valence-electron chi connectivity index (χ4n) is 2.49. The number of nitrogens with zero attached hydrogens (tertiary/aromatic N) is 3. The minimum absolute atomic E-state index is 0.145. The Bertz CT molecular complexity index is 877. The zero-order valence-corrected chi connectivity index (χ0v) is 16.5. The molecule has 0 saturated carbocycles. The molecule has 6 nitrogen and oxygen atoms in total. The largest absolute Gasteiger partial charge is 0.322 e. The lowest BCUT2D eigenvalue weighted by Crippen LogP contribution is -2.18. The molecule has 1 aromatic carbocycles. The molecule has 2 aromatic heterocycles. The van der Waals surface area contributed by atoms with E-state index >= 15 is 0 Å². The molecule has 0 saturated heterocycles. The van der Waals surface area contributed by atoms with Crippen LogP contribution < -0.4 is 10.6 Å². The molecular weight excluding hydrogens is 358 g/mol. The first-order valence-corrected chi connectivity index (χ1v) is 9.71. The summed E-state index contributed by atoms with van der Waals surface area (Å²) in [4.78, 5) is 16.1. The number of hydrogen-bond donors (Lipinski definition) is 2. The van der Waals surface area contributed by atoms with Gasteiger partial charge in [-0.05, 0) is 36.8 Å². The van der Waals surface area contributed by atoms with Crippen LogP contribution in [-0.4, -0.2) is 21.1 Å². The monoisotopic (exact) mass is 381 g/mol. The molecule has 3 aromatic rings. The molecule has 0 bridgehead atoms. The highest BCUT2D eigenvalue weighted by Gasteiger charge is 2.11. The Hall–Kier alpha value is -2.64. The van der Waals surface area contributed by atoms with Crippen molar-refractivity contribution in [2.45, 2.75) is 39.3 Å². The molecule has 1 unspecified atom stereocenters. The lowest BCUT2D eigenvalue weighted by atomic mass is 10.1. The summed E-state index contributed by atoms with van der Waals surface area (Å²) in [6.45, 7) is 7.03. The molecule has 2 N–H and O–H groups in total. The average Bonchev–Trinajstić information content (AvgIpc) is 3.17. The zero-order chi connectivity index (χ0) is 19.2. The van der Waals surface area contributed by atoms with Gasteiger partial charge in [0.05, 0.1) is 6.54 Å². The fourth-order valence-corrected chi connectivity index (χ4v) is 3.29. The summed E-state index contributed by atoms with van der Waals surface area (Å²) in [5.74, 6) is 0.261. The Morgan fingerprint density at radius 2 is 1.74 bits per heavy atom. The van der Waals surface area contributed by atoms with Gasteiger partial charge >= 0.3 is 0 Å². The predicted molar refractivity (Wildman–Crippen MR) is 108 cm³/mol. The molecule has 1 atom stereocenters. The van der Waals surface area contributed by atoms with E-state index in [0.717, 1.165) is 21.3 Å². The lowest BCUT2D eigenvalue weighted by Gasteiger charge is -2.14. The van der Waals surface area contributed by atoms with E-state index in [-0.39, 0.29) is 11.9 Å². The highest BCUT2D eigenvalue weighted by Crippen LogP contribution is 2.21. The number of benzene rings is 1. The van der Waals surface area contributed by atoms with Crippen LogP contribution in [0.15, 0.2) is 48.8 Å². The maximum atomic E-state index is 12.2. The third-order valence-electron chi connectivity index (χ3n) is 4.15. The van der Waals surface area contributed by atoms with E-state index in [0.29, 0.717) is 18.0 Å². The molecule has 0 radical (unpaired) electrons. The number of anilines is 1. The van der Waals surface area contributed by atoms with Gasteiger partial charge in [-0.2, -0.15) is 0 Å². The normalized spacial score (nSPS) is 12.1. The average molecular weight is 382 g/mol. The van der Waals surface area contributed by atoms with Crippen LogP contribution in [0.4, 0.5) is 5.69 Å². The molecule has 3 rings (SSSR count). The van der Waals surface area contributed by atoms with Gasteiger partial charge in [-0.1, -0.05) is 37.3 Å². The topological polar surface area (TPSA) is 79.8 Å². The predicted octanol–water partition coefficient (Wildman–Crippen LogP) is 4.16. The molecule has 140 valence electrons. The van der Waals surface area contributed by atoms with Crippen molar-refractivity contribution in [3.63, 3.8) is 0 Å². The highest BCUT2D eigenvalue weighted by atomic mass is 32.1. The molecule has 0 spiro atoms. The molecule has 0 fully saturated rings. The number of hydrogen-bond acceptors (Lipinski definition) is 6. The van der Waals surface area contributed by atoms with Crippen molar-refractivity contribution in [1.29, 1.82) is 0 Å². The molecule has 1 amide bonds. The van der Waals surface area contributed by atoms with Crippen LogP contribution in [-0.2, 0) is 6.54 Å². The van der Waals surface area contributed by atoms with Crippen molar-refractivity contribution < 1.29 is 4.79 Å². The number of nitrogens with one attached hydrogen (secondary N) is 2. The van der Waals surface area contributed by atoms with E-state index < -0.39 is 0 Å². The first-order valence-electron chi connectivity index (χ1n) is 8.90. The van der Waals surface area contributed by atoms with Crippen LogP contribution in [0.25, 0.3) is 0 Å². The Kier molecular flexibility index (Phi) is 6.26. The third kappa shape index (κ3) is 5.18. The summed E-state index contributed by atoms with van der Waals surface area (Å²) in [6.07, 6.45) is 3.21. The van der Waals surface area contributed by atoms with Crippen molar-refractivity contribution in [2.24, 2.45) is 0 Å². The SMILES string of the molecule is CC(C)c1nnc(CNC(C)c2ccc(NC(=O)c3ccncc3)cc2)s1. The summed E-state index contributed by atoms with van der Waals surface area (Å²) in [5.41, 5.74) is 2.49. The van der Waals surface area contributed by atoms with Gasteiger partial charge in [0.1, 0.15) is 10.0 Å². The van der Waals surface area contributed by atoms with Gasteiger partial charge in [-0.25, -0.2) is 0 Å². The number of rotatable bonds is 7. The second-order valence-corrected chi connectivity index (χ2v) is 7.70. The van der Waals surface area contributed by atoms with E-state index in [2.05, 4.69) is 46.6 Å². The van der Waals surface area contributed by atoms with Gasteiger partial charge in [-0.15, -0.1) is 10.2 Å². The summed E-state index contributed by atoms with van der Waals surface area (Å²) < 4.78 is 0. The quantitative estimate of drug-likeness (QED) is 0.642. The zero-order valence-electron chi connectivity index (χ0n) is 15.6. The maximum absolute atomic E-state index is 12.2. The lowest BCUT2D eigenvalue weighted by molar-refractivity contribution is 0.102. The van der Waals surface area contributed by atoms with Crippen LogP contribution in [0.2, 0.25) is 0 Å². The fraction of sp³-hybridized carbons (Fsp3) is 0.300. The minimum Gasteiger partial charge on any atom is -0.322 e. The first kappa shape index (κ1) is 19.1. The smallest absolute Gasteiger partial charge is 0.255 e. The van der Waals surface area contributed by atoms with Gasteiger partial charge < -0.3 is 10.6 Å². The highest BCUT2D eigenvalue weighted by molar-refractivity contribution is 7.11. The standard InChI is InChI=1S/C20H23N5OS/c1-13(2)20-25-24-18(27-20)12-22-14(3)15-4-6-17(7-5-15)23-19(26)16-8-10-21-11-9-16/h4-11,13-14,22H,12H2,1-3H3,(H,23,26). The van der Waals surface area contributed by atoms with Gasteiger partial charge in [0.2, 0.25) is 0 Å². The second-order valence-electron chi connectivity index (χ2n) is 6.60. The summed E-state index contributed by atoms with van der Waals surface area (Å²) in [7, 11) is 0. The van der Waals surface area contributed by atoms with E-state index in [1.165, 1.54) is 0 Å². The molecule has 2 heterocycles. The van der Waals surface area contributed by atoms with Crippen molar-refractivity contribution >= 4 is 22.9 Å². The van der Waals surface area contributed by atoms with Crippen molar-refractivity contribution in [1.82, 2.24) is 20.5 Å². The van der Waals surface area contributed by atoms with Gasteiger partial charge in [0, 0.05) is 35.6 Å². The van der Waals surface area contributed by atoms with E-state index in [9.17, 15) is 4.79 Å².